The van der Waals surface area contributed by atoms with E-state index in [0.717, 1.165) is 31.6 Å². The van der Waals surface area contributed by atoms with Gasteiger partial charge in [-0.15, -0.1) is 0 Å². The van der Waals surface area contributed by atoms with E-state index in [9.17, 15) is 5.11 Å². The van der Waals surface area contributed by atoms with Gasteiger partial charge in [0.15, 0.2) is 11.5 Å². The molecular weight excluding hydrogens is 392 g/mol. The highest BCUT2D eigenvalue weighted by Crippen LogP contribution is 2.28. The van der Waals surface area contributed by atoms with Crippen molar-refractivity contribution >= 4 is 0 Å². The molecule has 7 nitrogen and oxygen atoms in total. The molecule has 1 aromatic heterocycles. The SMILES string of the molecule is COc1ccc(CNCCc2cn[nH]c2)cc1OC[C@H](O)CN(C)Cc1ccccc1. The summed E-state index contributed by atoms with van der Waals surface area (Å²) in [7, 11) is 3.61. The fourth-order valence-electron chi connectivity index (χ4n) is 3.38. The Hall–Kier alpha value is -2.87. The average Bonchev–Trinajstić information content (AvgIpc) is 3.29. The van der Waals surface area contributed by atoms with E-state index in [0.29, 0.717) is 18.0 Å². The van der Waals surface area contributed by atoms with Crippen LogP contribution in [0, 0.1) is 0 Å². The first-order valence-electron chi connectivity index (χ1n) is 10.5. The number of aromatic amines is 1. The Labute approximate surface area is 184 Å². The first kappa shape index (κ1) is 22.8. The van der Waals surface area contributed by atoms with Crippen molar-refractivity contribution in [3.05, 3.63) is 77.6 Å². The van der Waals surface area contributed by atoms with E-state index < -0.39 is 6.10 Å². The maximum atomic E-state index is 10.4. The van der Waals surface area contributed by atoms with Gasteiger partial charge in [0.25, 0.3) is 0 Å². The minimum absolute atomic E-state index is 0.201. The van der Waals surface area contributed by atoms with Gasteiger partial charge in [0.2, 0.25) is 0 Å². The number of likely N-dealkylation sites (N-methyl/N-ethyl adjacent to an activating group) is 1. The molecule has 0 radical (unpaired) electrons. The monoisotopic (exact) mass is 424 g/mol. The summed E-state index contributed by atoms with van der Waals surface area (Å²) >= 11 is 0. The Bertz CT molecular complexity index is 887. The minimum Gasteiger partial charge on any atom is -0.493 e. The first-order chi connectivity index (χ1) is 15.1. The second-order valence-corrected chi connectivity index (χ2v) is 7.67. The molecule has 3 aromatic rings. The van der Waals surface area contributed by atoms with Gasteiger partial charge in [-0.05, 0) is 48.8 Å². The molecule has 0 unspecified atom stereocenters. The summed E-state index contributed by atoms with van der Waals surface area (Å²) in [6, 6.07) is 16.1. The van der Waals surface area contributed by atoms with E-state index in [-0.39, 0.29) is 6.61 Å². The number of nitrogens with zero attached hydrogens (tertiary/aromatic N) is 2. The molecular formula is C24H32N4O3. The zero-order valence-corrected chi connectivity index (χ0v) is 18.3. The van der Waals surface area contributed by atoms with Crippen molar-refractivity contribution in [1.29, 1.82) is 0 Å². The van der Waals surface area contributed by atoms with Crippen molar-refractivity contribution in [2.45, 2.75) is 25.6 Å². The lowest BCUT2D eigenvalue weighted by Crippen LogP contribution is -2.32. The molecule has 0 aliphatic carbocycles. The number of hydrogen-bond acceptors (Lipinski definition) is 6. The molecule has 2 aromatic carbocycles. The Kier molecular flexibility index (Phi) is 8.90. The summed E-state index contributed by atoms with van der Waals surface area (Å²) in [4.78, 5) is 2.08. The highest BCUT2D eigenvalue weighted by Gasteiger charge is 2.12. The molecule has 1 heterocycles. The maximum Gasteiger partial charge on any atom is 0.161 e. The number of aliphatic hydroxyl groups is 1. The Morgan fingerprint density at radius 1 is 1.10 bits per heavy atom. The number of aliphatic hydroxyl groups excluding tert-OH is 1. The molecule has 0 spiro atoms. The topological polar surface area (TPSA) is 82.6 Å². The number of benzene rings is 2. The Morgan fingerprint density at radius 2 is 1.94 bits per heavy atom. The zero-order chi connectivity index (χ0) is 21.9. The average molecular weight is 425 g/mol. The van der Waals surface area contributed by atoms with Crippen LogP contribution in [0.25, 0.3) is 0 Å². The first-order valence-corrected chi connectivity index (χ1v) is 10.5. The molecule has 0 aliphatic rings. The summed E-state index contributed by atoms with van der Waals surface area (Å²) in [5.41, 5.74) is 3.49. The predicted octanol–water partition coefficient (Wildman–Crippen LogP) is 2.62. The van der Waals surface area contributed by atoms with E-state index in [1.54, 1.807) is 7.11 Å². The van der Waals surface area contributed by atoms with Gasteiger partial charge in [-0.25, -0.2) is 0 Å². The van der Waals surface area contributed by atoms with Gasteiger partial charge in [-0.1, -0.05) is 36.4 Å². The molecule has 3 N–H and O–H groups in total. The van der Waals surface area contributed by atoms with Gasteiger partial charge in [0.1, 0.15) is 12.7 Å². The smallest absolute Gasteiger partial charge is 0.161 e. The number of aromatic nitrogens is 2. The molecule has 31 heavy (non-hydrogen) atoms. The fraction of sp³-hybridized carbons (Fsp3) is 0.375. The molecule has 0 bridgehead atoms. The van der Waals surface area contributed by atoms with Crippen LogP contribution in [0.4, 0.5) is 0 Å². The standard InChI is InChI=1S/C24H32N4O3/c1-28(16-19-6-4-3-5-7-19)17-22(29)18-31-24-12-20(8-9-23(24)30-2)13-25-11-10-21-14-26-27-15-21/h3-9,12,14-15,22,25,29H,10-11,13,16-18H2,1-2H3,(H,26,27)/t22-/m1/s1. The quantitative estimate of drug-likeness (QED) is 0.366. The molecule has 0 saturated heterocycles. The van der Waals surface area contributed by atoms with Gasteiger partial charge in [-0.3, -0.25) is 10.00 Å². The summed E-state index contributed by atoms with van der Waals surface area (Å²) in [6.07, 6.45) is 4.06. The number of ether oxygens (including phenoxy) is 2. The van der Waals surface area contributed by atoms with Crippen molar-refractivity contribution in [2.24, 2.45) is 0 Å². The van der Waals surface area contributed by atoms with Gasteiger partial charge in [0.05, 0.1) is 13.3 Å². The van der Waals surface area contributed by atoms with Gasteiger partial charge < -0.3 is 19.9 Å². The number of rotatable bonds is 13. The van der Waals surface area contributed by atoms with Crippen molar-refractivity contribution < 1.29 is 14.6 Å². The molecule has 166 valence electrons. The van der Waals surface area contributed by atoms with Crippen molar-refractivity contribution in [1.82, 2.24) is 20.4 Å². The van der Waals surface area contributed by atoms with Crippen molar-refractivity contribution in [3.63, 3.8) is 0 Å². The predicted molar refractivity (Wildman–Crippen MR) is 121 cm³/mol. The lowest BCUT2D eigenvalue weighted by molar-refractivity contribution is 0.0732. The summed E-state index contributed by atoms with van der Waals surface area (Å²) in [5, 5.41) is 20.6. The second kappa shape index (κ2) is 12.1. The molecule has 3 rings (SSSR count). The van der Waals surface area contributed by atoms with Crippen LogP contribution in [0.2, 0.25) is 0 Å². The number of hydrogen-bond donors (Lipinski definition) is 3. The highest BCUT2D eigenvalue weighted by atomic mass is 16.5. The van der Waals surface area contributed by atoms with Crippen molar-refractivity contribution in [2.75, 3.05) is 33.9 Å². The summed E-state index contributed by atoms with van der Waals surface area (Å²) in [6.45, 7) is 3.08. The van der Waals surface area contributed by atoms with E-state index >= 15 is 0 Å². The summed E-state index contributed by atoms with van der Waals surface area (Å²) < 4.78 is 11.3. The van der Waals surface area contributed by atoms with E-state index in [1.165, 1.54) is 11.1 Å². The Balaban J connectivity index is 1.45. The second-order valence-electron chi connectivity index (χ2n) is 7.67. The van der Waals surface area contributed by atoms with Crippen LogP contribution in [0.15, 0.2) is 60.9 Å². The van der Waals surface area contributed by atoms with E-state index in [1.807, 2.05) is 55.8 Å². The van der Waals surface area contributed by atoms with Crippen LogP contribution >= 0.6 is 0 Å². The third kappa shape index (κ3) is 7.71. The Morgan fingerprint density at radius 3 is 2.68 bits per heavy atom. The normalized spacial score (nSPS) is 12.1. The molecule has 7 heteroatoms. The minimum atomic E-state index is -0.602. The largest absolute Gasteiger partial charge is 0.493 e. The lowest BCUT2D eigenvalue weighted by Gasteiger charge is -2.21. The van der Waals surface area contributed by atoms with Crippen LogP contribution in [0.5, 0.6) is 11.5 Å². The van der Waals surface area contributed by atoms with Crippen LogP contribution in [-0.4, -0.2) is 60.2 Å². The van der Waals surface area contributed by atoms with E-state index in [2.05, 4.69) is 32.5 Å². The fourth-order valence-corrected chi connectivity index (χ4v) is 3.38. The van der Waals surface area contributed by atoms with Gasteiger partial charge in [0, 0.05) is 25.8 Å². The number of nitrogens with one attached hydrogen (secondary N) is 2. The highest BCUT2D eigenvalue weighted by molar-refractivity contribution is 5.43. The molecule has 0 fully saturated rings. The van der Waals surface area contributed by atoms with E-state index in [4.69, 9.17) is 9.47 Å². The third-order valence-corrected chi connectivity index (χ3v) is 4.95. The molecule has 0 saturated carbocycles. The van der Waals surface area contributed by atoms with Crippen LogP contribution in [0.1, 0.15) is 16.7 Å². The molecule has 1 atom stereocenters. The van der Waals surface area contributed by atoms with Gasteiger partial charge in [-0.2, -0.15) is 5.10 Å². The molecule has 0 aliphatic heterocycles. The maximum absolute atomic E-state index is 10.4. The third-order valence-electron chi connectivity index (χ3n) is 4.95. The summed E-state index contributed by atoms with van der Waals surface area (Å²) in [5.74, 6) is 1.30. The zero-order valence-electron chi connectivity index (χ0n) is 18.3. The van der Waals surface area contributed by atoms with Crippen LogP contribution in [0.3, 0.4) is 0 Å². The number of methoxy groups -OCH3 is 1. The lowest BCUT2D eigenvalue weighted by atomic mass is 10.2. The van der Waals surface area contributed by atoms with Crippen LogP contribution < -0.4 is 14.8 Å². The van der Waals surface area contributed by atoms with Gasteiger partial charge >= 0.3 is 0 Å². The molecule has 0 amide bonds. The van der Waals surface area contributed by atoms with Crippen LogP contribution in [-0.2, 0) is 19.5 Å². The number of H-pyrrole nitrogens is 1. The van der Waals surface area contributed by atoms with Crippen molar-refractivity contribution in [3.8, 4) is 11.5 Å².